The predicted molar refractivity (Wildman–Crippen MR) is 87.2 cm³/mol. The summed E-state index contributed by atoms with van der Waals surface area (Å²) in [6, 6.07) is 19.4. The molecule has 0 radical (unpaired) electrons. The van der Waals surface area contributed by atoms with Crippen molar-refractivity contribution in [3.05, 3.63) is 65.7 Å². The number of pyridine rings is 1. The third kappa shape index (κ3) is 3.64. The zero-order valence-corrected chi connectivity index (χ0v) is 12.2. The number of hydrogen-bond donors (Lipinski definition) is 1. The molecule has 2 aromatic carbocycles. The molecule has 3 aromatic rings. The average molecular weight is 299 g/mol. The molecule has 21 heavy (non-hydrogen) atoms. The fourth-order valence-electron chi connectivity index (χ4n) is 2.06. The van der Waals surface area contributed by atoms with E-state index in [0.717, 1.165) is 27.5 Å². The molecule has 1 N–H and O–H groups in total. The Bertz CT molecular complexity index is 731. The van der Waals surface area contributed by atoms with Gasteiger partial charge in [-0.2, -0.15) is 0 Å². The number of para-hydroxylation sites is 1. The van der Waals surface area contributed by atoms with Crippen molar-refractivity contribution in [2.45, 2.75) is 0 Å². The number of hydrogen-bond acceptors (Lipinski definition) is 3. The summed E-state index contributed by atoms with van der Waals surface area (Å²) in [6.45, 7) is 1.28. The molecular formula is C17H15ClN2O. The Hall–Kier alpha value is -2.26. The molecule has 0 amide bonds. The Morgan fingerprint density at radius 1 is 1.00 bits per heavy atom. The first-order valence-corrected chi connectivity index (χ1v) is 7.17. The zero-order chi connectivity index (χ0) is 14.5. The lowest BCUT2D eigenvalue weighted by Gasteiger charge is -2.08. The number of halogens is 1. The van der Waals surface area contributed by atoms with Crippen molar-refractivity contribution in [2.24, 2.45) is 0 Å². The van der Waals surface area contributed by atoms with Crippen LogP contribution in [0.4, 0.5) is 5.82 Å². The smallest absolute Gasteiger partial charge is 0.126 e. The van der Waals surface area contributed by atoms with Crippen LogP contribution in [0, 0.1) is 0 Å². The minimum atomic E-state index is 0.588. The number of nitrogens with zero attached hydrogens (tertiary/aromatic N) is 1. The van der Waals surface area contributed by atoms with E-state index in [2.05, 4.69) is 10.3 Å². The van der Waals surface area contributed by atoms with Crippen molar-refractivity contribution in [1.29, 1.82) is 0 Å². The van der Waals surface area contributed by atoms with E-state index >= 15 is 0 Å². The fourth-order valence-corrected chi connectivity index (χ4v) is 2.24. The molecule has 0 aliphatic heterocycles. The Labute approximate surface area is 128 Å². The van der Waals surface area contributed by atoms with Crippen LogP contribution in [0.15, 0.2) is 60.7 Å². The molecule has 1 heterocycles. The second-order valence-electron chi connectivity index (χ2n) is 4.62. The normalized spacial score (nSPS) is 10.5. The maximum absolute atomic E-state index is 5.96. The molecule has 3 rings (SSSR count). The van der Waals surface area contributed by atoms with Gasteiger partial charge in [-0.25, -0.2) is 4.98 Å². The lowest BCUT2D eigenvalue weighted by Crippen LogP contribution is -2.12. The molecule has 0 aliphatic rings. The van der Waals surface area contributed by atoms with Gasteiger partial charge in [0.05, 0.1) is 12.1 Å². The molecule has 0 unspecified atom stereocenters. The maximum Gasteiger partial charge on any atom is 0.126 e. The third-order valence-corrected chi connectivity index (χ3v) is 3.31. The van der Waals surface area contributed by atoms with E-state index in [9.17, 15) is 0 Å². The number of aromatic nitrogens is 1. The van der Waals surface area contributed by atoms with Crippen molar-refractivity contribution < 1.29 is 4.74 Å². The van der Waals surface area contributed by atoms with Gasteiger partial charge in [0.1, 0.15) is 18.2 Å². The Morgan fingerprint density at radius 2 is 1.86 bits per heavy atom. The summed E-state index contributed by atoms with van der Waals surface area (Å²) in [5, 5.41) is 5.01. The van der Waals surface area contributed by atoms with Gasteiger partial charge in [-0.3, -0.25) is 0 Å². The van der Waals surface area contributed by atoms with Crippen LogP contribution in [0.2, 0.25) is 5.02 Å². The molecule has 0 saturated heterocycles. The van der Waals surface area contributed by atoms with Crippen molar-refractivity contribution in [3.8, 4) is 5.75 Å². The Kier molecular flexibility index (Phi) is 4.22. The highest BCUT2D eigenvalue weighted by atomic mass is 35.5. The summed E-state index contributed by atoms with van der Waals surface area (Å²) >= 11 is 5.96. The van der Waals surface area contributed by atoms with Crippen LogP contribution < -0.4 is 10.1 Å². The largest absolute Gasteiger partial charge is 0.492 e. The average Bonchev–Trinajstić information content (AvgIpc) is 2.52. The van der Waals surface area contributed by atoms with E-state index < -0.39 is 0 Å². The zero-order valence-electron chi connectivity index (χ0n) is 11.4. The first-order valence-electron chi connectivity index (χ1n) is 6.79. The molecule has 0 bridgehead atoms. The van der Waals surface area contributed by atoms with Gasteiger partial charge >= 0.3 is 0 Å². The summed E-state index contributed by atoms with van der Waals surface area (Å²) in [5.74, 6) is 1.71. The van der Waals surface area contributed by atoms with Crippen LogP contribution >= 0.6 is 11.6 Å². The van der Waals surface area contributed by atoms with Gasteiger partial charge in [0.15, 0.2) is 0 Å². The van der Waals surface area contributed by atoms with E-state index in [4.69, 9.17) is 16.3 Å². The topological polar surface area (TPSA) is 34.2 Å². The lowest BCUT2D eigenvalue weighted by atomic mass is 10.2. The number of fused-ring (bicyclic) bond motifs is 1. The first-order chi connectivity index (χ1) is 10.3. The highest BCUT2D eigenvalue weighted by molar-refractivity contribution is 6.31. The quantitative estimate of drug-likeness (QED) is 0.710. The molecule has 0 saturated carbocycles. The highest BCUT2D eigenvalue weighted by Gasteiger charge is 1.99. The molecular weight excluding hydrogens is 284 g/mol. The van der Waals surface area contributed by atoms with Crippen molar-refractivity contribution in [3.63, 3.8) is 0 Å². The van der Waals surface area contributed by atoms with Gasteiger partial charge in [-0.1, -0.05) is 29.8 Å². The summed E-state index contributed by atoms with van der Waals surface area (Å²) in [4.78, 5) is 4.54. The number of ether oxygens (including phenoxy) is 1. The molecule has 0 atom stereocenters. The van der Waals surface area contributed by atoms with Crippen molar-refractivity contribution in [1.82, 2.24) is 4.98 Å². The standard InChI is InChI=1S/C17H15ClN2O/c18-14-7-8-16-13(12-14)6-9-17(20-16)19-10-11-21-15-4-2-1-3-5-15/h1-9,12H,10-11H2,(H,19,20). The van der Waals surface area contributed by atoms with Crippen LogP contribution in [0.25, 0.3) is 10.9 Å². The van der Waals surface area contributed by atoms with Gasteiger partial charge in [-0.05, 0) is 42.5 Å². The number of nitrogens with one attached hydrogen (secondary N) is 1. The fraction of sp³-hybridized carbons (Fsp3) is 0.118. The van der Waals surface area contributed by atoms with Gasteiger partial charge in [0, 0.05) is 10.4 Å². The van der Waals surface area contributed by atoms with E-state index in [1.54, 1.807) is 0 Å². The second kappa shape index (κ2) is 6.46. The van der Waals surface area contributed by atoms with Gasteiger partial charge in [0.2, 0.25) is 0 Å². The van der Waals surface area contributed by atoms with Gasteiger partial charge < -0.3 is 10.1 Å². The highest BCUT2D eigenvalue weighted by Crippen LogP contribution is 2.19. The van der Waals surface area contributed by atoms with E-state index in [-0.39, 0.29) is 0 Å². The first kappa shape index (κ1) is 13.7. The molecule has 106 valence electrons. The monoisotopic (exact) mass is 298 g/mol. The van der Waals surface area contributed by atoms with E-state index in [1.165, 1.54) is 0 Å². The van der Waals surface area contributed by atoms with Crippen LogP contribution in [0.5, 0.6) is 5.75 Å². The molecule has 4 heteroatoms. The maximum atomic E-state index is 5.96. The molecule has 1 aromatic heterocycles. The summed E-state index contributed by atoms with van der Waals surface area (Å²) in [6.07, 6.45) is 0. The number of benzene rings is 2. The van der Waals surface area contributed by atoms with E-state index in [0.29, 0.717) is 13.2 Å². The lowest BCUT2D eigenvalue weighted by molar-refractivity contribution is 0.333. The van der Waals surface area contributed by atoms with Crippen molar-refractivity contribution >= 4 is 28.3 Å². The van der Waals surface area contributed by atoms with Gasteiger partial charge in [0.25, 0.3) is 0 Å². The van der Waals surface area contributed by atoms with Gasteiger partial charge in [-0.15, -0.1) is 0 Å². The predicted octanol–water partition coefficient (Wildman–Crippen LogP) is 4.38. The summed E-state index contributed by atoms with van der Waals surface area (Å²) in [5.41, 5.74) is 0.924. The van der Waals surface area contributed by atoms with Crippen LogP contribution in [-0.4, -0.2) is 18.1 Å². The molecule has 0 aliphatic carbocycles. The third-order valence-electron chi connectivity index (χ3n) is 3.07. The SMILES string of the molecule is Clc1ccc2nc(NCCOc3ccccc3)ccc2c1. The molecule has 0 spiro atoms. The van der Waals surface area contributed by atoms with Crippen molar-refractivity contribution in [2.75, 3.05) is 18.5 Å². The Balaban J connectivity index is 1.57. The second-order valence-corrected chi connectivity index (χ2v) is 5.06. The van der Waals surface area contributed by atoms with E-state index in [1.807, 2.05) is 60.7 Å². The summed E-state index contributed by atoms with van der Waals surface area (Å²) < 4.78 is 5.62. The minimum Gasteiger partial charge on any atom is -0.492 e. The minimum absolute atomic E-state index is 0.588. The molecule has 0 fully saturated rings. The van der Waals surface area contributed by atoms with Crippen LogP contribution in [-0.2, 0) is 0 Å². The number of anilines is 1. The van der Waals surface area contributed by atoms with Crippen LogP contribution in [0.3, 0.4) is 0 Å². The Morgan fingerprint density at radius 3 is 2.71 bits per heavy atom. The number of rotatable bonds is 5. The summed E-state index contributed by atoms with van der Waals surface area (Å²) in [7, 11) is 0. The van der Waals surface area contributed by atoms with Crippen LogP contribution in [0.1, 0.15) is 0 Å². The molecule has 3 nitrogen and oxygen atoms in total.